The summed E-state index contributed by atoms with van der Waals surface area (Å²) in [4.78, 5) is 1.19. The molecule has 0 saturated carbocycles. The Morgan fingerprint density at radius 2 is 1.71 bits per heavy atom. The third-order valence-corrected chi connectivity index (χ3v) is 2.69. The first kappa shape index (κ1) is 16.7. The minimum absolute atomic E-state index is 0.0242. The summed E-state index contributed by atoms with van der Waals surface area (Å²) in [6, 6.07) is -0.156. The summed E-state index contributed by atoms with van der Waals surface area (Å²) >= 11 is 0. The van der Waals surface area contributed by atoms with E-state index in [4.69, 9.17) is 10.8 Å². The Morgan fingerprint density at radius 1 is 1.18 bits per heavy atom. The fourth-order valence-electron chi connectivity index (χ4n) is 1.42. The van der Waals surface area contributed by atoms with E-state index in [1.165, 1.54) is 4.90 Å². The Balaban J connectivity index is 4.18. The molecule has 0 bridgehead atoms. The smallest absolute Gasteiger partial charge is 0.395 e. The average Bonchev–Trinajstić information content (AvgIpc) is 2.10. The van der Waals surface area contributed by atoms with Gasteiger partial charge in [0.15, 0.2) is 0 Å². The molecule has 0 aliphatic rings. The molecule has 17 heavy (non-hydrogen) atoms. The first-order chi connectivity index (χ1) is 7.56. The van der Waals surface area contributed by atoms with Gasteiger partial charge in [0.05, 0.1) is 13.2 Å². The Hall–Kier alpha value is -0.330. The highest BCUT2D eigenvalue weighted by Gasteiger charge is 2.31. The van der Waals surface area contributed by atoms with Gasteiger partial charge in [0.1, 0.15) is 0 Å². The Morgan fingerprint density at radius 3 is 2.06 bits per heavy atom. The van der Waals surface area contributed by atoms with Crippen LogP contribution in [-0.2, 0) is 0 Å². The van der Waals surface area contributed by atoms with Crippen molar-refractivity contribution in [3.63, 3.8) is 0 Å². The molecule has 3 N–H and O–H groups in total. The lowest BCUT2D eigenvalue weighted by molar-refractivity contribution is -0.147. The SMILES string of the molecule is CC(C)(C)C(N)CCN(CCO)CC(F)(F)F. The van der Waals surface area contributed by atoms with Crippen LogP contribution in [0.1, 0.15) is 27.2 Å². The molecule has 0 aliphatic heterocycles. The predicted molar refractivity (Wildman–Crippen MR) is 61.6 cm³/mol. The van der Waals surface area contributed by atoms with Gasteiger partial charge in [-0.2, -0.15) is 13.2 Å². The molecule has 0 amide bonds. The Labute approximate surface area is 101 Å². The zero-order valence-electron chi connectivity index (χ0n) is 10.7. The molecule has 1 unspecified atom stereocenters. The monoisotopic (exact) mass is 256 g/mol. The predicted octanol–water partition coefficient (Wildman–Crippen LogP) is 1.61. The summed E-state index contributed by atoms with van der Waals surface area (Å²) in [7, 11) is 0. The van der Waals surface area contributed by atoms with Crippen LogP contribution >= 0.6 is 0 Å². The number of nitrogens with zero attached hydrogens (tertiary/aromatic N) is 1. The van der Waals surface area contributed by atoms with Gasteiger partial charge in [-0.15, -0.1) is 0 Å². The van der Waals surface area contributed by atoms with E-state index >= 15 is 0 Å². The average molecular weight is 256 g/mol. The molecule has 0 fully saturated rings. The first-order valence-electron chi connectivity index (χ1n) is 5.72. The van der Waals surface area contributed by atoms with Crippen LogP contribution in [0.4, 0.5) is 13.2 Å². The molecule has 1 atom stereocenters. The Kier molecular flexibility index (Phi) is 6.43. The van der Waals surface area contributed by atoms with Gasteiger partial charge < -0.3 is 10.8 Å². The van der Waals surface area contributed by atoms with Crippen LogP contribution in [0.3, 0.4) is 0 Å². The van der Waals surface area contributed by atoms with Crippen molar-refractivity contribution in [2.45, 2.75) is 39.4 Å². The quantitative estimate of drug-likeness (QED) is 0.759. The number of hydrogen-bond acceptors (Lipinski definition) is 3. The zero-order chi connectivity index (χ0) is 13.7. The molecule has 0 rings (SSSR count). The van der Waals surface area contributed by atoms with Crippen molar-refractivity contribution >= 4 is 0 Å². The highest BCUT2D eigenvalue weighted by molar-refractivity contribution is 4.78. The third kappa shape index (κ3) is 8.40. The molecule has 3 nitrogen and oxygen atoms in total. The van der Waals surface area contributed by atoms with Crippen molar-refractivity contribution in [2.75, 3.05) is 26.2 Å². The molecule has 0 spiro atoms. The number of nitrogens with two attached hydrogens (primary N) is 1. The fraction of sp³-hybridized carbons (Fsp3) is 1.00. The van der Waals surface area contributed by atoms with Crippen LogP contribution in [0.25, 0.3) is 0 Å². The van der Waals surface area contributed by atoms with Crippen LogP contribution in [0, 0.1) is 5.41 Å². The van der Waals surface area contributed by atoms with E-state index in [0.29, 0.717) is 6.42 Å². The number of aliphatic hydroxyl groups is 1. The molecule has 0 aliphatic carbocycles. The molecular formula is C11H23F3N2O. The maximum Gasteiger partial charge on any atom is 0.401 e. The molecule has 0 aromatic heterocycles. The van der Waals surface area contributed by atoms with Crippen LogP contribution in [0.15, 0.2) is 0 Å². The van der Waals surface area contributed by atoms with E-state index < -0.39 is 12.7 Å². The molecular weight excluding hydrogens is 233 g/mol. The van der Waals surface area contributed by atoms with E-state index in [-0.39, 0.29) is 31.2 Å². The van der Waals surface area contributed by atoms with Gasteiger partial charge in [0.2, 0.25) is 0 Å². The largest absolute Gasteiger partial charge is 0.401 e. The van der Waals surface area contributed by atoms with Gasteiger partial charge in [-0.1, -0.05) is 20.8 Å². The molecule has 0 saturated heterocycles. The van der Waals surface area contributed by atoms with E-state index in [1.807, 2.05) is 20.8 Å². The summed E-state index contributed by atoms with van der Waals surface area (Å²) in [5.74, 6) is 0. The second kappa shape index (κ2) is 6.56. The zero-order valence-corrected chi connectivity index (χ0v) is 10.7. The summed E-state index contributed by atoms with van der Waals surface area (Å²) in [6.45, 7) is 4.87. The third-order valence-electron chi connectivity index (χ3n) is 2.69. The van der Waals surface area contributed by atoms with Gasteiger partial charge in [-0.05, 0) is 11.8 Å². The molecule has 0 heterocycles. The lowest BCUT2D eigenvalue weighted by Crippen LogP contribution is -2.42. The molecule has 104 valence electrons. The minimum Gasteiger partial charge on any atom is -0.395 e. The van der Waals surface area contributed by atoms with Crippen molar-refractivity contribution in [3.05, 3.63) is 0 Å². The lowest BCUT2D eigenvalue weighted by Gasteiger charge is -2.30. The Bertz CT molecular complexity index is 214. The number of alkyl halides is 3. The summed E-state index contributed by atoms with van der Waals surface area (Å²) in [5.41, 5.74) is 5.77. The van der Waals surface area contributed by atoms with Crippen LogP contribution in [-0.4, -0.2) is 48.5 Å². The standard InChI is InChI=1S/C11H23F3N2O/c1-10(2,3)9(15)4-5-16(6-7-17)8-11(12,13)14/h9,17H,4-8,15H2,1-3H3. The maximum absolute atomic E-state index is 12.2. The molecule has 0 aromatic carbocycles. The molecule has 0 aromatic rings. The fourth-order valence-corrected chi connectivity index (χ4v) is 1.42. The highest BCUT2D eigenvalue weighted by Crippen LogP contribution is 2.21. The van der Waals surface area contributed by atoms with E-state index in [9.17, 15) is 13.2 Å². The lowest BCUT2D eigenvalue weighted by atomic mass is 9.85. The van der Waals surface area contributed by atoms with E-state index in [0.717, 1.165) is 0 Å². The first-order valence-corrected chi connectivity index (χ1v) is 5.72. The van der Waals surface area contributed by atoms with Crippen molar-refractivity contribution in [2.24, 2.45) is 11.1 Å². The number of halogens is 3. The summed E-state index contributed by atoms with van der Waals surface area (Å²) in [5, 5.41) is 8.72. The van der Waals surface area contributed by atoms with Gasteiger partial charge in [-0.25, -0.2) is 0 Å². The van der Waals surface area contributed by atoms with Gasteiger partial charge in [-0.3, -0.25) is 4.90 Å². The normalized spacial score (nSPS) is 15.4. The van der Waals surface area contributed by atoms with Crippen molar-refractivity contribution in [1.29, 1.82) is 0 Å². The summed E-state index contributed by atoms with van der Waals surface area (Å²) < 4.78 is 36.7. The van der Waals surface area contributed by atoms with Gasteiger partial charge >= 0.3 is 6.18 Å². The number of rotatable bonds is 6. The maximum atomic E-state index is 12.2. The molecule has 0 radical (unpaired) electrons. The van der Waals surface area contributed by atoms with Crippen molar-refractivity contribution in [3.8, 4) is 0 Å². The van der Waals surface area contributed by atoms with Gasteiger partial charge in [0, 0.05) is 19.1 Å². The molecule has 6 heteroatoms. The van der Waals surface area contributed by atoms with Crippen LogP contribution < -0.4 is 5.73 Å². The second-order valence-corrected chi connectivity index (χ2v) is 5.38. The minimum atomic E-state index is -4.24. The van der Waals surface area contributed by atoms with Crippen LogP contribution in [0.5, 0.6) is 0 Å². The van der Waals surface area contributed by atoms with E-state index in [2.05, 4.69) is 0 Å². The highest BCUT2D eigenvalue weighted by atomic mass is 19.4. The summed E-state index contributed by atoms with van der Waals surface area (Å²) in [6.07, 6.45) is -3.75. The second-order valence-electron chi connectivity index (χ2n) is 5.38. The van der Waals surface area contributed by atoms with Crippen LogP contribution in [0.2, 0.25) is 0 Å². The number of hydrogen-bond donors (Lipinski definition) is 2. The van der Waals surface area contributed by atoms with Gasteiger partial charge in [0.25, 0.3) is 0 Å². The van der Waals surface area contributed by atoms with Crippen molar-refractivity contribution in [1.82, 2.24) is 4.90 Å². The van der Waals surface area contributed by atoms with E-state index in [1.54, 1.807) is 0 Å². The number of aliphatic hydroxyl groups excluding tert-OH is 1. The van der Waals surface area contributed by atoms with Crippen molar-refractivity contribution < 1.29 is 18.3 Å². The topological polar surface area (TPSA) is 49.5 Å².